The maximum Gasteiger partial charge on any atom is 0.303 e. The first-order valence-corrected chi connectivity index (χ1v) is 7.62. The van der Waals surface area contributed by atoms with Gasteiger partial charge in [-0.15, -0.1) is 0 Å². The fourth-order valence-corrected chi connectivity index (χ4v) is 2.08. The summed E-state index contributed by atoms with van der Waals surface area (Å²) in [6.07, 6.45) is 1.42. The predicted molar refractivity (Wildman–Crippen MR) is 86.3 cm³/mol. The van der Waals surface area contributed by atoms with Crippen molar-refractivity contribution in [1.82, 2.24) is 20.5 Å². The molecule has 0 aliphatic rings. The molecule has 3 N–H and O–H groups in total. The van der Waals surface area contributed by atoms with Gasteiger partial charge < -0.3 is 15.2 Å². The van der Waals surface area contributed by atoms with Crippen LogP contribution in [0.15, 0.2) is 24.3 Å². The molecule has 0 spiro atoms. The van der Waals surface area contributed by atoms with Crippen molar-refractivity contribution in [2.75, 3.05) is 7.11 Å². The number of benzene rings is 1. The molecule has 0 aliphatic carbocycles. The Balaban J connectivity index is 1.78. The topological polar surface area (TPSA) is 117 Å². The van der Waals surface area contributed by atoms with Gasteiger partial charge in [0.1, 0.15) is 11.6 Å². The van der Waals surface area contributed by atoms with Gasteiger partial charge in [-0.3, -0.25) is 14.7 Å². The number of nitrogens with zero attached hydrogens (tertiary/aromatic N) is 2. The summed E-state index contributed by atoms with van der Waals surface area (Å²) < 4.78 is 5.10. The Kier molecular flexibility index (Phi) is 6.30. The third-order valence-corrected chi connectivity index (χ3v) is 3.38. The minimum Gasteiger partial charge on any atom is -0.497 e. The molecular weight excluding hydrogens is 312 g/mol. The third kappa shape index (κ3) is 5.38. The number of H-pyrrole nitrogens is 1. The van der Waals surface area contributed by atoms with E-state index in [1.807, 2.05) is 24.3 Å². The van der Waals surface area contributed by atoms with Crippen molar-refractivity contribution in [1.29, 1.82) is 0 Å². The zero-order chi connectivity index (χ0) is 17.4. The van der Waals surface area contributed by atoms with Crippen LogP contribution in [0.2, 0.25) is 0 Å². The van der Waals surface area contributed by atoms with Gasteiger partial charge in [0, 0.05) is 18.4 Å². The number of aromatic amines is 1. The quantitative estimate of drug-likeness (QED) is 0.602. The summed E-state index contributed by atoms with van der Waals surface area (Å²) in [7, 11) is 1.60. The summed E-state index contributed by atoms with van der Waals surface area (Å²) in [6, 6.07) is 7.36. The van der Waals surface area contributed by atoms with Gasteiger partial charge in [0.15, 0.2) is 5.82 Å². The fraction of sp³-hybridized carbons (Fsp3) is 0.375. The van der Waals surface area contributed by atoms with Crippen LogP contribution in [0, 0.1) is 0 Å². The number of carbonyl (C=O) groups excluding carboxylic acids is 1. The summed E-state index contributed by atoms with van der Waals surface area (Å²) in [5.74, 6) is 0.874. The van der Waals surface area contributed by atoms with E-state index in [0.29, 0.717) is 30.9 Å². The summed E-state index contributed by atoms with van der Waals surface area (Å²) in [5.41, 5.74) is 0.846. The Labute approximate surface area is 139 Å². The zero-order valence-electron chi connectivity index (χ0n) is 13.4. The SMILES string of the molecule is COc1ccc(-c2n[nH]c(CNC(=O)CCCCC(=O)O)n2)cc1. The second-order valence-electron chi connectivity index (χ2n) is 5.21. The number of hydrogen-bond acceptors (Lipinski definition) is 5. The number of ether oxygens (including phenoxy) is 1. The van der Waals surface area contributed by atoms with Crippen LogP contribution in [0.5, 0.6) is 5.75 Å². The van der Waals surface area contributed by atoms with E-state index in [-0.39, 0.29) is 18.9 Å². The van der Waals surface area contributed by atoms with E-state index in [9.17, 15) is 9.59 Å². The van der Waals surface area contributed by atoms with Gasteiger partial charge in [-0.05, 0) is 37.1 Å². The molecule has 1 amide bonds. The lowest BCUT2D eigenvalue weighted by atomic mass is 10.2. The lowest BCUT2D eigenvalue weighted by Gasteiger charge is -2.02. The number of nitrogens with one attached hydrogen (secondary N) is 2. The highest BCUT2D eigenvalue weighted by Gasteiger charge is 2.08. The van der Waals surface area contributed by atoms with Crippen molar-refractivity contribution < 1.29 is 19.4 Å². The fourth-order valence-electron chi connectivity index (χ4n) is 2.08. The van der Waals surface area contributed by atoms with Crippen molar-refractivity contribution >= 4 is 11.9 Å². The number of amides is 1. The van der Waals surface area contributed by atoms with Crippen LogP contribution in [0.25, 0.3) is 11.4 Å². The van der Waals surface area contributed by atoms with E-state index in [1.54, 1.807) is 7.11 Å². The number of unbranched alkanes of at least 4 members (excludes halogenated alkanes) is 1. The van der Waals surface area contributed by atoms with Crippen molar-refractivity contribution in [3.63, 3.8) is 0 Å². The largest absolute Gasteiger partial charge is 0.497 e. The molecule has 1 aromatic carbocycles. The molecule has 0 aliphatic heterocycles. The van der Waals surface area contributed by atoms with Gasteiger partial charge >= 0.3 is 5.97 Å². The zero-order valence-corrected chi connectivity index (χ0v) is 13.4. The second kappa shape index (κ2) is 8.66. The number of hydrogen-bond donors (Lipinski definition) is 3. The first-order valence-electron chi connectivity index (χ1n) is 7.62. The number of rotatable bonds is 9. The molecule has 24 heavy (non-hydrogen) atoms. The van der Waals surface area contributed by atoms with Gasteiger partial charge in [-0.2, -0.15) is 5.10 Å². The lowest BCUT2D eigenvalue weighted by molar-refractivity contribution is -0.137. The third-order valence-electron chi connectivity index (χ3n) is 3.38. The Morgan fingerprint density at radius 1 is 1.21 bits per heavy atom. The maximum atomic E-state index is 11.7. The van der Waals surface area contributed by atoms with Crippen LogP contribution in [0.1, 0.15) is 31.5 Å². The monoisotopic (exact) mass is 332 g/mol. The number of methoxy groups -OCH3 is 1. The van der Waals surface area contributed by atoms with Crippen LogP contribution < -0.4 is 10.1 Å². The molecule has 0 radical (unpaired) electrons. The smallest absolute Gasteiger partial charge is 0.303 e. The molecular formula is C16H20N4O4. The van der Waals surface area contributed by atoms with Crippen LogP contribution in [-0.4, -0.2) is 39.3 Å². The number of carboxylic acid groups (broad SMARTS) is 1. The highest BCUT2D eigenvalue weighted by molar-refractivity contribution is 5.75. The van der Waals surface area contributed by atoms with Crippen molar-refractivity contribution in [2.24, 2.45) is 0 Å². The highest BCUT2D eigenvalue weighted by atomic mass is 16.5. The number of carboxylic acids is 1. The normalized spacial score (nSPS) is 10.4. The van der Waals surface area contributed by atoms with Crippen molar-refractivity contribution in [3.8, 4) is 17.1 Å². The number of carbonyl (C=O) groups is 2. The predicted octanol–water partition coefficient (Wildman–Crippen LogP) is 1.74. The van der Waals surface area contributed by atoms with Gasteiger partial charge in [0.25, 0.3) is 0 Å². The lowest BCUT2D eigenvalue weighted by Crippen LogP contribution is -2.23. The molecule has 128 valence electrons. The molecule has 0 saturated carbocycles. The van der Waals surface area contributed by atoms with E-state index in [2.05, 4.69) is 20.5 Å². The first-order chi connectivity index (χ1) is 11.6. The van der Waals surface area contributed by atoms with Gasteiger partial charge in [0.05, 0.1) is 13.7 Å². The van der Waals surface area contributed by atoms with Crippen LogP contribution in [-0.2, 0) is 16.1 Å². The summed E-state index contributed by atoms with van der Waals surface area (Å²) in [4.78, 5) is 26.4. The Morgan fingerprint density at radius 3 is 2.58 bits per heavy atom. The highest BCUT2D eigenvalue weighted by Crippen LogP contribution is 2.18. The Morgan fingerprint density at radius 2 is 1.92 bits per heavy atom. The van der Waals surface area contributed by atoms with E-state index in [0.717, 1.165) is 11.3 Å². The Hall–Kier alpha value is -2.90. The minimum absolute atomic E-state index is 0.0839. The van der Waals surface area contributed by atoms with Crippen molar-refractivity contribution in [3.05, 3.63) is 30.1 Å². The van der Waals surface area contributed by atoms with Crippen LogP contribution in [0.3, 0.4) is 0 Å². The van der Waals surface area contributed by atoms with E-state index < -0.39 is 5.97 Å². The summed E-state index contributed by atoms with van der Waals surface area (Å²) in [5, 5.41) is 18.2. The van der Waals surface area contributed by atoms with E-state index in [1.165, 1.54) is 0 Å². The molecule has 2 aromatic rings. The molecule has 1 aromatic heterocycles. The minimum atomic E-state index is -0.844. The van der Waals surface area contributed by atoms with Gasteiger partial charge in [0.2, 0.25) is 5.91 Å². The molecule has 1 heterocycles. The van der Waals surface area contributed by atoms with Gasteiger partial charge in [-0.25, -0.2) is 4.98 Å². The summed E-state index contributed by atoms with van der Waals surface area (Å²) >= 11 is 0. The van der Waals surface area contributed by atoms with Crippen LogP contribution >= 0.6 is 0 Å². The average Bonchev–Trinajstić information content (AvgIpc) is 3.06. The Bertz CT molecular complexity index is 682. The van der Waals surface area contributed by atoms with Gasteiger partial charge in [-0.1, -0.05) is 0 Å². The van der Waals surface area contributed by atoms with Crippen molar-refractivity contribution in [2.45, 2.75) is 32.2 Å². The molecule has 0 saturated heterocycles. The molecule has 0 atom stereocenters. The summed E-state index contributed by atoms with van der Waals surface area (Å²) in [6.45, 7) is 0.251. The molecule has 0 fully saturated rings. The molecule has 0 unspecified atom stereocenters. The van der Waals surface area contributed by atoms with E-state index >= 15 is 0 Å². The standard InChI is InChI=1S/C16H20N4O4/c1-24-12-8-6-11(7-9-12)16-18-13(19-20-16)10-17-14(21)4-2-3-5-15(22)23/h6-9H,2-5,10H2,1H3,(H,17,21)(H,22,23)(H,18,19,20). The first kappa shape index (κ1) is 17.5. The molecule has 8 heteroatoms. The number of aliphatic carboxylic acids is 1. The number of aromatic nitrogens is 3. The molecule has 0 bridgehead atoms. The molecule has 8 nitrogen and oxygen atoms in total. The van der Waals surface area contributed by atoms with E-state index in [4.69, 9.17) is 9.84 Å². The average molecular weight is 332 g/mol. The van der Waals surface area contributed by atoms with Crippen LogP contribution in [0.4, 0.5) is 0 Å². The molecule has 2 rings (SSSR count). The second-order valence-corrected chi connectivity index (χ2v) is 5.21. The maximum absolute atomic E-state index is 11.7.